The van der Waals surface area contributed by atoms with E-state index >= 15 is 0 Å². The molecule has 0 bridgehead atoms. The lowest BCUT2D eigenvalue weighted by molar-refractivity contribution is -0.148. The second-order valence-electron chi connectivity index (χ2n) is 11.8. The van der Waals surface area contributed by atoms with Gasteiger partial charge in [0, 0.05) is 26.2 Å². The van der Waals surface area contributed by atoms with Crippen molar-refractivity contribution in [1.29, 1.82) is 0 Å². The molecule has 3 fully saturated rings. The number of sulfonamides is 2. The van der Waals surface area contributed by atoms with Crippen molar-refractivity contribution in [2.45, 2.75) is 58.4 Å². The van der Waals surface area contributed by atoms with Gasteiger partial charge in [-0.3, -0.25) is 14.4 Å². The summed E-state index contributed by atoms with van der Waals surface area (Å²) in [5.74, 6) is -0.0454. The molecule has 0 amide bonds. The number of halogens is 1. The molecular weight excluding hydrogens is 652 g/mol. The molecule has 0 aromatic carbocycles. The van der Waals surface area contributed by atoms with Crippen LogP contribution in [0.15, 0.2) is 0 Å². The van der Waals surface area contributed by atoms with Crippen LogP contribution in [0.4, 0.5) is 0 Å². The summed E-state index contributed by atoms with van der Waals surface area (Å²) in [6.07, 6.45) is 7.25. The van der Waals surface area contributed by atoms with Gasteiger partial charge >= 0.3 is 17.9 Å². The van der Waals surface area contributed by atoms with Gasteiger partial charge in [-0.1, -0.05) is 13.8 Å². The predicted octanol–water partition coefficient (Wildman–Crippen LogP) is 0.842. The number of methoxy groups -OCH3 is 3. The van der Waals surface area contributed by atoms with Crippen LogP contribution in [0.25, 0.3) is 0 Å². The van der Waals surface area contributed by atoms with E-state index in [0.29, 0.717) is 44.9 Å². The van der Waals surface area contributed by atoms with Crippen LogP contribution >= 0.6 is 12.4 Å². The number of hydrogen-bond donors (Lipinski definition) is 2. The number of ether oxygens (including phenoxy) is 3. The van der Waals surface area contributed by atoms with Crippen molar-refractivity contribution in [3.05, 3.63) is 0 Å². The second kappa shape index (κ2) is 20.6. The summed E-state index contributed by atoms with van der Waals surface area (Å²) in [7, 11) is -2.07. The first-order valence-electron chi connectivity index (χ1n) is 15.1. The lowest BCUT2D eigenvalue weighted by atomic mass is 9.86. The van der Waals surface area contributed by atoms with E-state index < -0.39 is 32.1 Å². The molecule has 14 nitrogen and oxygen atoms in total. The molecule has 3 heterocycles. The number of carbonyl (C=O) groups is 3. The average Bonchev–Trinajstić information content (AvgIpc) is 3.02. The van der Waals surface area contributed by atoms with Crippen molar-refractivity contribution in [2.75, 3.05) is 73.1 Å². The highest BCUT2D eigenvalue weighted by atomic mass is 35.5. The molecular formula is C28H55ClN4O10S2. The molecule has 3 N–H and O–H groups in total. The lowest BCUT2D eigenvalue weighted by Gasteiger charge is -2.32. The van der Waals surface area contributed by atoms with Gasteiger partial charge < -0.3 is 25.3 Å². The number of esters is 3. The highest BCUT2D eigenvalue weighted by molar-refractivity contribution is 7.88. The summed E-state index contributed by atoms with van der Waals surface area (Å²) < 4.78 is 61.9. The molecule has 3 atom stereocenters. The van der Waals surface area contributed by atoms with Gasteiger partial charge in [-0.05, 0) is 69.4 Å². The van der Waals surface area contributed by atoms with Crippen molar-refractivity contribution in [1.82, 2.24) is 13.9 Å². The fourth-order valence-electron chi connectivity index (χ4n) is 5.70. The standard InChI is InChI=1S/C10H19NO4S.C9H18N2O4S.C9H17NO2.ClH/c1-8(10(12)15-2)9-4-6-11(7-5-9)16(3,13)14;1-15-9(12)8(10)7-3-5-11(6-4-7)16(2,13)14;1-7(9(11)12-2)8-3-5-10-6-4-8;/h8-9H,4-7H2,1-3H3;7-8H,3-6,10H2,1-2H3;7-8,10H,3-6H2,1-2H3;1H. The van der Waals surface area contributed by atoms with Crippen LogP contribution in [0.3, 0.4) is 0 Å². The summed E-state index contributed by atoms with van der Waals surface area (Å²) in [5.41, 5.74) is 5.71. The van der Waals surface area contributed by atoms with Gasteiger partial charge in [-0.2, -0.15) is 0 Å². The third-order valence-electron chi connectivity index (χ3n) is 8.86. The van der Waals surface area contributed by atoms with Gasteiger partial charge in [0.2, 0.25) is 20.0 Å². The Morgan fingerprint density at radius 1 is 0.644 bits per heavy atom. The minimum atomic E-state index is -3.12. The average molecular weight is 707 g/mol. The molecule has 3 aliphatic heterocycles. The van der Waals surface area contributed by atoms with Gasteiger partial charge in [0.05, 0.1) is 45.7 Å². The Hall–Kier alpha value is -1.56. The Balaban J connectivity index is 0.000000646. The van der Waals surface area contributed by atoms with Crippen LogP contribution in [0.2, 0.25) is 0 Å². The summed E-state index contributed by atoms with van der Waals surface area (Å²) in [6, 6.07) is -0.647. The topological polar surface area (TPSA) is 192 Å². The molecule has 0 aromatic rings. The smallest absolute Gasteiger partial charge is 0.322 e. The van der Waals surface area contributed by atoms with Crippen molar-refractivity contribution in [2.24, 2.45) is 35.3 Å². The van der Waals surface area contributed by atoms with Crippen LogP contribution in [-0.2, 0) is 48.6 Å². The van der Waals surface area contributed by atoms with E-state index in [1.54, 1.807) is 0 Å². The SMILES string of the molecule is COC(=O)C(C)C1CCN(S(C)(=O)=O)CC1.COC(=O)C(C)C1CCNCC1.COC(=O)C(N)C1CCN(S(C)(=O)=O)CC1.Cl. The fraction of sp³-hybridized carbons (Fsp3) is 0.893. The number of hydrogen-bond acceptors (Lipinski definition) is 12. The van der Waals surface area contributed by atoms with E-state index in [4.69, 9.17) is 10.5 Å². The van der Waals surface area contributed by atoms with Gasteiger partial charge in [-0.15, -0.1) is 12.4 Å². The molecule has 17 heteroatoms. The van der Waals surface area contributed by atoms with Gasteiger partial charge in [0.1, 0.15) is 6.04 Å². The Morgan fingerprint density at radius 2 is 0.956 bits per heavy atom. The van der Waals surface area contributed by atoms with E-state index in [1.807, 2.05) is 13.8 Å². The molecule has 3 aliphatic rings. The Bertz CT molecular complexity index is 1050. The first-order valence-corrected chi connectivity index (χ1v) is 18.8. The molecule has 0 aliphatic carbocycles. The molecule has 0 aromatic heterocycles. The lowest BCUT2D eigenvalue weighted by Crippen LogP contribution is -2.46. The normalized spacial score (nSPS) is 21.2. The minimum absolute atomic E-state index is 0. The minimum Gasteiger partial charge on any atom is -0.469 e. The third kappa shape index (κ3) is 14.8. The first-order chi connectivity index (χ1) is 20.5. The van der Waals surface area contributed by atoms with E-state index in [-0.39, 0.29) is 48.0 Å². The Kier molecular flexibility index (Phi) is 19.9. The number of nitrogens with one attached hydrogen (secondary N) is 1. The van der Waals surface area contributed by atoms with Crippen LogP contribution in [-0.4, -0.2) is 123 Å². The van der Waals surface area contributed by atoms with Crippen molar-refractivity contribution in [3.8, 4) is 0 Å². The van der Waals surface area contributed by atoms with E-state index in [0.717, 1.165) is 38.8 Å². The summed E-state index contributed by atoms with van der Waals surface area (Å²) in [6.45, 7) is 7.73. The number of nitrogens with zero attached hydrogens (tertiary/aromatic N) is 2. The molecule has 0 spiro atoms. The molecule has 0 saturated carbocycles. The highest BCUT2D eigenvalue weighted by Gasteiger charge is 2.33. The number of nitrogens with two attached hydrogens (primary N) is 1. The number of piperidine rings is 3. The fourth-order valence-corrected chi connectivity index (χ4v) is 7.45. The van der Waals surface area contributed by atoms with Crippen molar-refractivity contribution < 1.29 is 45.4 Å². The van der Waals surface area contributed by atoms with E-state index in [1.165, 1.54) is 42.5 Å². The number of carbonyl (C=O) groups excluding carboxylic acids is 3. The maximum atomic E-state index is 11.3. The molecule has 266 valence electrons. The van der Waals surface area contributed by atoms with Crippen LogP contribution in [0.1, 0.15) is 52.4 Å². The maximum absolute atomic E-state index is 11.3. The molecule has 45 heavy (non-hydrogen) atoms. The second-order valence-corrected chi connectivity index (χ2v) is 15.7. The largest absolute Gasteiger partial charge is 0.469 e. The zero-order valence-electron chi connectivity index (χ0n) is 27.7. The van der Waals surface area contributed by atoms with Crippen LogP contribution in [0.5, 0.6) is 0 Å². The first kappa shape index (κ1) is 43.4. The summed E-state index contributed by atoms with van der Waals surface area (Å²) in [4.78, 5) is 33.7. The highest BCUT2D eigenvalue weighted by Crippen LogP contribution is 2.27. The van der Waals surface area contributed by atoms with Crippen molar-refractivity contribution in [3.63, 3.8) is 0 Å². The quantitative estimate of drug-likeness (QED) is 0.268. The molecule has 3 unspecified atom stereocenters. The molecule has 3 rings (SSSR count). The Morgan fingerprint density at radius 3 is 1.27 bits per heavy atom. The third-order valence-corrected chi connectivity index (χ3v) is 11.5. The zero-order valence-corrected chi connectivity index (χ0v) is 30.2. The summed E-state index contributed by atoms with van der Waals surface area (Å²) in [5, 5.41) is 3.27. The maximum Gasteiger partial charge on any atom is 0.322 e. The van der Waals surface area contributed by atoms with Gasteiger partial charge in [0.15, 0.2) is 0 Å². The Labute approximate surface area is 275 Å². The van der Waals surface area contributed by atoms with Gasteiger partial charge in [0.25, 0.3) is 0 Å². The zero-order chi connectivity index (χ0) is 33.7. The monoisotopic (exact) mass is 706 g/mol. The molecule has 3 saturated heterocycles. The predicted molar refractivity (Wildman–Crippen MR) is 173 cm³/mol. The van der Waals surface area contributed by atoms with Gasteiger partial charge in [-0.25, -0.2) is 25.4 Å². The van der Waals surface area contributed by atoms with E-state index in [2.05, 4.69) is 14.8 Å². The van der Waals surface area contributed by atoms with Crippen LogP contribution in [0, 0.1) is 29.6 Å². The molecule has 0 radical (unpaired) electrons. The summed E-state index contributed by atoms with van der Waals surface area (Å²) >= 11 is 0. The van der Waals surface area contributed by atoms with Crippen LogP contribution < -0.4 is 11.1 Å². The van der Waals surface area contributed by atoms with Crippen molar-refractivity contribution >= 4 is 50.4 Å². The number of rotatable bonds is 8. The van der Waals surface area contributed by atoms with E-state index in [9.17, 15) is 31.2 Å².